The first-order chi connectivity index (χ1) is 11.4. The van der Waals surface area contributed by atoms with Crippen LogP contribution in [-0.2, 0) is 0 Å². The highest BCUT2D eigenvalue weighted by atomic mass is 32.1. The summed E-state index contributed by atoms with van der Waals surface area (Å²) in [5.74, 6) is 0. The smallest absolute Gasteiger partial charge is 0.0521 e. The summed E-state index contributed by atoms with van der Waals surface area (Å²) < 4.78 is 0. The molecule has 0 radical (unpaired) electrons. The quantitative estimate of drug-likeness (QED) is 0.360. The zero-order valence-corrected chi connectivity index (χ0v) is 14.8. The fourth-order valence-electron chi connectivity index (χ4n) is 2.42. The van der Waals surface area contributed by atoms with E-state index in [1.807, 2.05) is 17.4 Å². The maximum absolute atomic E-state index is 2.31. The molecule has 0 unspecified atom stereocenters. The molecular formula is C20H14S3. The van der Waals surface area contributed by atoms with E-state index in [4.69, 9.17) is 0 Å². The molecule has 0 saturated carbocycles. The van der Waals surface area contributed by atoms with Crippen LogP contribution in [0.3, 0.4) is 0 Å². The summed E-state index contributed by atoms with van der Waals surface area (Å²) in [7, 11) is 0. The van der Waals surface area contributed by atoms with Gasteiger partial charge in [0, 0.05) is 14.6 Å². The van der Waals surface area contributed by atoms with Gasteiger partial charge in [-0.05, 0) is 40.1 Å². The van der Waals surface area contributed by atoms with Gasteiger partial charge in [-0.1, -0.05) is 54.6 Å². The lowest BCUT2D eigenvalue weighted by Crippen LogP contribution is -1.72. The predicted octanol–water partition coefficient (Wildman–Crippen LogP) is 7.38. The van der Waals surface area contributed by atoms with E-state index in [0.29, 0.717) is 0 Å². The molecule has 0 aliphatic heterocycles. The molecular weight excluding hydrogens is 336 g/mol. The lowest BCUT2D eigenvalue weighted by atomic mass is 10.1. The number of thiophene rings is 3. The Kier molecular flexibility index (Phi) is 4.24. The number of benzene rings is 1. The zero-order chi connectivity index (χ0) is 15.5. The summed E-state index contributed by atoms with van der Waals surface area (Å²) in [5.41, 5.74) is 2.53. The van der Waals surface area contributed by atoms with Gasteiger partial charge in [0.1, 0.15) is 0 Å². The van der Waals surface area contributed by atoms with E-state index in [0.717, 1.165) is 0 Å². The van der Waals surface area contributed by atoms with Crippen molar-refractivity contribution in [3.8, 4) is 19.5 Å². The van der Waals surface area contributed by atoms with E-state index >= 15 is 0 Å². The Morgan fingerprint density at radius 3 is 2.09 bits per heavy atom. The van der Waals surface area contributed by atoms with Crippen LogP contribution in [0.4, 0.5) is 0 Å². The van der Waals surface area contributed by atoms with Crippen LogP contribution >= 0.6 is 34.0 Å². The number of rotatable bonds is 4. The molecule has 0 atom stereocenters. The van der Waals surface area contributed by atoms with Crippen LogP contribution in [0.1, 0.15) is 11.1 Å². The molecule has 112 valence electrons. The Labute approximate surface area is 148 Å². The molecule has 0 aliphatic carbocycles. The molecule has 4 aromatic rings. The summed E-state index contributed by atoms with van der Waals surface area (Å²) in [6.07, 6.45) is 4.43. The molecule has 4 rings (SSSR count). The second-order valence-electron chi connectivity index (χ2n) is 5.09. The highest BCUT2D eigenvalue weighted by Gasteiger charge is 2.12. The molecule has 0 fully saturated rings. The van der Waals surface area contributed by atoms with Gasteiger partial charge in [-0.15, -0.1) is 34.0 Å². The second-order valence-corrected chi connectivity index (χ2v) is 8.04. The van der Waals surface area contributed by atoms with Gasteiger partial charge in [0.2, 0.25) is 0 Å². The third kappa shape index (κ3) is 3.22. The first-order valence-electron chi connectivity index (χ1n) is 7.35. The van der Waals surface area contributed by atoms with Crippen molar-refractivity contribution < 1.29 is 0 Å². The standard InChI is InChI=1S/C20H14S3/c1-2-6-15(7-3-1)10-11-16-14-19(17-8-4-12-21-17)23-20(16)18-9-5-13-22-18/h1-14H/b11-10+. The first kappa shape index (κ1) is 14.6. The second kappa shape index (κ2) is 6.67. The molecule has 3 aromatic heterocycles. The van der Waals surface area contributed by atoms with Crippen LogP contribution in [-0.4, -0.2) is 0 Å². The summed E-state index contributed by atoms with van der Waals surface area (Å²) in [6.45, 7) is 0. The van der Waals surface area contributed by atoms with E-state index in [2.05, 4.69) is 77.5 Å². The van der Waals surface area contributed by atoms with E-state index in [1.54, 1.807) is 22.7 Å². The molecule has 0 spiro atoms. The van der Waals surface area contributed by atoms with Crippen LogP contribution in [0.15, 0.2) is 71.4 Å². The summed E-state index contributed by atoms with van der Waals surface area (Å²) in [5, 5.41) is 4.28. The molecule has 0 amide bonds. The van der Waals surface area contributed by atoms with Crippen LogP contribution in [0, 0.1) is 0 Å². The first-order valence-corrected chi connectivity index (χ1v) is 9.92. The predicted molar refractivity (Wildman–Crippen MR) is 106 cm³/mol. The lowest BCUT2D eigenvalue weighted by Gasteiger charge is -1.96. The van der Waals surface area contributed by atoms with Crippen molar-refractivity contribution in [2.45, 2.75) is 0 Å². The molecule has 3 heterocycles. The molecule has 23 heavy (non-hydrogen) atoms. The Balaban J connectivity index is 1.76. The van der Waals surface area contributed by atoms with Gasteiger partial charge >= 0.3 is 0 Å². The summed E-state index contributed by atoms with van der Waals surface area (Å²) in [4.78, 5) is 5.38. The third-order valence-corrected chi connectivity index (χ3v) is 6.79. The minimum Gasteiger partial charge on any atom is -0.143 e. The van der Waals surface area contributed by atoms with Crippen molar-refractivity contribution in [2.75, 3.05) is 0 Å². The van der Waals surface area contributed by atoms with Crippen molar-refractivity contribution >= 4 is 46.2 Å². The highest BCUT2D eigenvalue weighted by molar-refractivity contribution is 7.26. The maximum Gasteiger partial charge on any atom is 0.0521 e. The van der Waals surface area contributed by atoms with Gasteiger partial charge in [0.05, 0.1) is 4.88 Å². The van der Waals surface area contributed by atoms with Crippen molar-refractivity contribution in [1.82, 2.24) is 0 Å². The average Bonchev–Trinajstić information content (AvgIpc) is 3.33. The lowest BCUT2D eigenvalue weighted by molar-refractivity contribution is 1.66. The highest BCUT2D eigenvalue weighted by Crippen LogP contribution is 2.42. The molecule has 0 aliphatic rings. The Hall–Kier alpha value is -1.94. The fourth-order valence-corrected chi connectivity index (χ4v) is 5.27. The van der Waals surface area contributed by atoms with Gasteiger partial charge < -0.3 is 0 Å². The van der Waals surface area contributed by atoms with Crippen LogP contribution < -0.4 is 0 Å². The third-order valence-electron chi connectivity index (χ3n) is 3.52. The summed E-state index contributed by atoms with van der Waals surface area (Å²) >= 11 is 5.48. The van der Waals surface area contributed by atoms with Crippen molar-refractivity contribution in [3.63, 3.8) is 0 Å². The van der Waals surface area contributed by atoms with Crippen LogP contribution in [0.2, 0.25) is 0 Å². The number of hydrogen-bond acceptors (Lipinski definition) is 3. The molecule has 1 aromatic carbocycles. The molecule has 0 N–H and O–H groups in total. The molecule has 0 saturated heterocycles. The van der Waals surface area contributed by atoms with E-state index < -0.39 is 0 Å². The van der Waals surface area contributed by atoms with E-state index in [-0.39, 0.29) is 0 Å². The Morgan fingerprint density at radius 2 is 1.39 bits per heavy atom. The maximum atomic E-state index is 2.31. The normalized spacial score (nSPS) is 11.3. The van der Waals surface area contributed by atoms with Gasteiger partial charge in [-0.3, -0.25) is 0 Å². The SMILES string of the molecule is C(=C\c1cc(-c2cccs2)sc1-c1cccs1)/c1ccccc1. The minimum atomic E-state index is 1.23. The van der Waals surface area contributed by atoms with Crippen molar-refractivity contribution in [2.24, 2.45) is 0 Å². The topological polar surface area (TPSA) is 0 Å². The minimum absolute atomic E-state index is 1.23. The monoisotopic (exact) mass is 350 g/mol. The zero-order valence-electron chi connectivity index (χ0n) is 12.3. The Morgan fingerprint density at radius 1 is 0.652 bits per heavy atom. The molecule has 0 bridgehead atoms. The largest absolute Gasteiger partial charge is 0.143 e. The molecule has 3 heteroatoms. The Bertz CT molecular complexity index is 895. The summed E-state index contributed by atoms with van der Waals surface area (Å²) in [6, 6.07) is 21.4. The van der Waals surface area contributed by atoms with Crippen LogP contribution in [0.25, 0.3) is 31.7 Å². The van der Waals surface area contributed by atoms with E-state index in [1.165, 1.54) is 30.6 Å². The van der Waals surface area contributed by atoms with Crippen LogP contribution in [0.5, 0.6) is 0 Å². The van der Waals surface area contributed by atoms with Crippen molar-refractivity contribution in [1.29, 1.82) is 0 Å². The van der Waals surface area contributed by atoms with Crippen molar-refractivity contribution in [3.05, 3.63) is 82.6 Å². The average molecular weight is 351 g/mol. The van der Waals surface area contributed by atoms with Gasteiger partial charge in [-0.2, -0.15) is 0 Å². The van der Waals surface area contributed by atoms with E-state index in [9.17, 15) is 0 Å². The van der Waals surface area contributed by atoms with Gasteiger partial charge in [0.25, 0.3) is 0 Å². The molecule has 0 nitrogen and oxygen atoms in total. The number of hydrogen-bond donors (Lipinski definition) is 0. The fraction of sp³-hybridized carbons (Fsp3) is 0. The van der Waals surface area contributed by atoms with Gasteiger partial charge in [-0.25, -0.2) is 0 Å². The van der Waals surface area contributed by atoms with Gasteiger partial charge in [0.15, 0.2) is 0 Å².